The number of rotatable bonds is 5. The van der Waals surface area contributed by atoms with E-state index in [1.807, 2.05) is 0 Å². The zero-order chi connectivity index (χ0) is 16.2. The maximum Gasteiger partial charge on any atom is 0.370 e. The number of amides is 1. The van der Waals surface area contributed by atoms with E-state index in [4.69, 9.17) is 21.4 Å². The molecule has 0 aliphatic carbocycles. The van der Waals surface area contributed by atoms with Crippen LogP contribution in [0.25, 0.3) is 0 Å². The molecule has 0 spiro atoms. The van der Waals surface area contributed by atoms with E-state index in [1.165, 1.54) is 6.92 Å². The Kier molecular flexibility index (Phi) is 5.72. The number of ether oxygens (including phenoxy) is 1. The molecule has 0 bridgehead atoms. The van der Waals surface area contributed by atoms with Gasteiger partial charge in [-0.3, -0.25) is 4.79 Å². The van der Waals surface area contributed by atoms with Crippen LogP contribution in [-0.4, -0.2) is 63.3 Å². The van der Waals surface area contributed by atoms with E-state index in [-0.39, 0.29) is 0 Å². The minimum Gasteiger partial charge on any atom is -0.478 e. The normalized spacial score (nSPS) is 27.6. The molecule has 0 aromatic carbocycles. The lowest BCUT2D eigenvalue weighted by molar-refractivity contribution is -0.146. The van der Waals surface area contributed by atoms with Crippen LogP contribution in [0.5, 0.6) is 0 Å². The summed E-state index contributed by atoms with van der Waals surface area (Å²) in [6, 6.07) is -0.938. The maximum absolute atomic E-state index is 11.2. The predicted molar refractivity (Wildman–Crippen MR) is 69.6 cm³/mol. The van der Waals surface area contributed by atoms with E-state index in [0.717, 1.165) is 6.08 Å². The highest BCUT2D eigenvalue weighted by Crippen LogP contribution is 2.26. The van der Waals surface area contributed by atoms with Crippen molar-refractivity contribution in [2.75, 3.05) is 6.61 Å². The van der Waals surface area contributed by atoms with Crippen molar-refractivity contribution >= 4 is 11.9 Å². The third kappa shape index (κ3) is 3.95. The van der Waals surface area contributed by atoms with Crippen molar-refractivity contribution in [3.8, 4) is 12.3 Å². The summed E-state index contributed by atoms with van der Waals surface area (Å²) in [5.41, 5.74) is 0. The van der Waals surface area contributed by atoms with E-state index in [0.29, 0.717) is 0 Å². The van der Waals surface area contributed by atoms with Gasteiger partial charge in [-0.25, -0.2) is 4.79 Å². The van der Waals surface area contributed by atoms with Gasteiger partial charge in [0.15, 0.2) is 0 Å². The highest BCUT2D eigenvalue weighted by Gasteiger charge is 2.42. The van der Waals surface area contributed by atoms with Crippen LogP contribution in [0, 0.1) is 18.3 Å². The summed E-state index contributed by atoms with van der Waals surface area (Å²) in [4.78, 5) is 22.2. The highest BCUT2D eigenvalue weighted by atomic mass is 16.5. The van der Waals surface area contributed by atoms with E-state index >= 15 is 0 Å². The molecule has 8 heteroatoms. The molecule has 1 amide bonds. The van der Waals surface area contributed by atoms with E-state index in [2.05, 4.69) is 11.2 Å². The topological polar surface area (TPSA) is 136 Å². The van der Waals surface area contributed by atoms with Crippen LogP contribution in [0.3, 0.4) is 0 Å². The molecule has 5 atom stereocenters. The van der Waals surface area contributed by atoms with Gasteiger partial charge in [0.25, 0.3) is 0 Å². The molecule has 5 unspecified atom stereocenters. The van der Waals surface area contributed by atoms with Crippen LogP contribution in [0.1, 0.15) is 6.92 Å². The number of aliphatic carboxylic acids is 1. The fraction of sp³-hybridized carbons (Fsp3) is 0.538. The highest BCUT2D eigenvalue weighted by molar-refractivity contribution is 5.84. The average molecular weight is 299 g/mol. The SMILES string of the molecule is C#CC1C=C(C(=O)O)OC(C(O)C(O)CO)C1NC(C)=O. The predicted octanol–water partition coefficient (Wildman–Crippen LogP) is -2.18. The van der Waals surface area contributed by atoms with Crippen LogP contribution in [0.15, 0.2) is 11.8 Å². The van der Waals surface area contributed by atoms with Crippen molar-refractivity contribution in [2.45, 2.75) is 31.3 Å². The molecule has 8 nitrogen and oxygen atoms in total. The second-order valence-corrected chi connectivity index (χ2v) is 4.58. The minimum absolute atomic E-state index is 0.466. The Morgan fingerprint density at radius 1 is 1.52 bits per heavy atom. The number of aliphatic hydroxyl groups is 3. The molecular formula is C13H17NO7. The lowest BCUT2D eigenvalue weighted by Gasteiger charge is -2.38. The van der Waals surface area contributed by atoms with Gasteiger partial charge >= 0.3 is 5.97 Å². The number of aliphatic hydroxyl groups excluding tert-OH is 3. The van der Waals surface area contributed by atoms with Crippen molar-refractivity contribution in [3.63, 3.8) is 0 Å². The molecule has 0 saturated carbocycles. The van der Waals surface area contributed by atoms with Gasteiger partial charge in [-0.2, -0.15) is 0 Å². The summed E-state index contributed by atoms with van der Waals surface area (Å²) in [7, 11) is 0. The summed E-state index contributed by atoms with van der Waals surface area (Å²) in [6.45, 7) is 0.455. The largest absolute Gasteiger partial charge is 0.478 e. The van der Waals surface area contributed by atoms with Crippen LogP contribution < -0.4 is 5.32 Å². The Hall–Kier alpha value is -2.08. The van der Waals surface area contributed by atoms with Crippen LogP contribution >= 0.6 is 0 Å². The molecule has 0 saturated heterocycles. The summed E-state index contributed by atoms with van der Waals surface area (Å²) in [6.07, 6.45) is 1.93. The second-order valence-electron chi connectivity index (χ2n) is 4.58. The Morgan fingerprint density at radius 2 is 2.14 bits per heavy atom. The van der Waals surface area contributed by atoms with E-state index < -0.39 is 54.5 Å². The first kappa shape index (κ1) is 17.0. The number of carbonyl (C=O) groups excluding carboxylic acids is 1. The van der Waals surface area contributed by atoms with Gasteiger partial charge in [0.2, 0.25) is 11.7 Å². The molecule has 1 aliphatic heterocycles. The zero-order valence-corrected chi connectivity index (χ0v) is 11.3. The van der Waals surface area contributed by atoms with E-state index in [1.54, 1.807) is 0 Å². The molecule has 0 radical (unpaired) electrons. The number of terminal acetylenes is 1. The Labute approximate surface area is 121 Å². The molecule has 21 heavy (non-hydrogen) atoms. The van der Waals surface area contributed by atoms with Gasteiger partial charge in [-0.15, -0.1) is 6.42 Å². The summed E-state index contributed by atoms with van der Waals surface area (Å²) in [5.74, 6) is -0.906. The van der Waals surface area contributed by atoms with Crippen LogP contribution in [-0.2, 0) is 14.3 Å². The molecule has 0 fully saturated rings. The van der Waals surface area contributed by atoms with Gasteiger partial charge in [0, 0.05) is 6.92 Å². The van der Waals surface area contributed by atoms with Crippen molar-refractivity contribution in [1.82, 2.24) is 5.32 Å². The Balaban J connectivity index is 3.16. The zero-order valence-electron chi connectivity index (χ0n) is 11.3. The maximum atomic E-state index is 11.2. The molecule has 1 rings (SSSR count). The fourth-order valence-electron chi connectivity index (χ4n) is 2.02. The third-order valence-electron chi connectivity index (χ3n) is 3.03. The number of carbonyl (C=O) groups is 2. The van der Waals surface area contributed by atoms with Gasteiger partial charge in [-0.05, 0) is 6.08 Å². The first-order valence-corrected chi connectivity index (χ1v) is 6.13. The molecule has 1 heterocycles. The van der Waals surface area contributed by atoms with Crippen molar-refractivity contribution in [1.29, 1.82) is 0 Å². The number of hydrogen-bond acceptors (Lipinski definition) is 6. The quantitative estimate of drug-likeness (QED) is 0.364. The summed E-state index contributed by atoms with van der Waals surface area (Å²) in [5, 5.41) is 39.8. The van der Waals surface area contributed by atoms with Crippen LogP contribution in [0.2, 0.25) is 0 Å². The lowest BCUT2D eigenvalue weighted by atomic mass is 9.87. The monoisotopic (exact) mass is 299 g/mol. The van der Waals surface area contributed by atoms with Crippen molar-refractivity contribution in [2.24, 2.45) is 5.92 Å². The first-order valence-electron chi connectivity index (χ1n) is 6.13. The Bertz CT molecular complexity index is 481. The molecule has 116 valence electrons. The van der Waals surface area contributed by atoms with E-state index in [9.17, 15) is 19.8 Å². The summed E-state index contributed by atoms with van der Waals surface area (Å²) >= 11 is 0. The summed E-state index contributed by atoms with van der Waals surface area (Å²) < 4.78 is 5.11. The van der Waals surface area contributed by atoms with Gasteiger partial charge in [0.1, 0.15) is 18.3 Å². The average Bonchev–Trinajstić information content (AvgIpc) is 2.44. The number of carboxylic acids is 1. The number of nitrogens with one attached hydrogen (secondary N) is 1. The molecule has 0 aromatic heterocycles. The minimum atomic E-state index is -1.63. The molecular weight excluding hydrogens is 282 g/mol. The Morgan fingerprint density at radius 3 is 2.57 bits per heavy atom. The van der Waals surface area contributed by atoms with Crippen LogP contribution in [0.4, 0.5) is 0 Å². The first-order chi connectivity index (χ1) is 9.81. The van der Waals surface area contributed by atoms with Crippen molar-refractivity contribution < 1.29 is 34.8 Å². The number of hydrogen-bond donors (Lipinski definition) is 5. The fourth-order valence-corrected chi connectivity index (χ4v) is 2.02. The third-order valence-corrected chi connectivity index (χ3v) is 3.03. The van der Waals surface area contributed by atoms with Gasteiger partial charge in [-0.1, -0.05) is 5.92 Å². The van der Waals surface area contributed by atoms with Gasteiger partial charge < -0.3 is 30.5 Å². The van der Waals surface area contributed by atoms with Gasteiger partial charge in [0.05, 0.1) is 18.6 Å². The molecule has 0 aromatic rings. The molecule has 1 aliphatic rings. The van der Waals surface area contributed by atoms with Crippen molar-refractivity contribution in [3.05, 3.63) is 11.8 Å². The standard InChI is InChI=1S/C13H17NO7/c1-3-7-4-9(13(19)20)21-12(10(7)14-6(2)16)11(18)8(17)5-15/h1,4,7-8,10-12,15,17-18H,5H2,2H3,(H,14,16)(H,19,20). The number of carboxylic acid groups (broad SMARTS) is 1. The smallest absolute Gasteiger partial charge is 0.370 e. The second kappa shape index (κ2) is 7.08. The molecule has 5 N–H and O–H groups in total. The lowest BCUT2D eigenvalue weighted by Crippen LogP contribution is -2.57.